The van der Waals surface area contributed by atoms with Crippen LogP contribution in [-0.4, -0.2) is 27.6 Å². The second kappa shape index (κ2) is 9.12. The number of aromatic nitrogens is 2. The normalized spacial score (nSPS) is 16.5. The first-order chi connectivity index (χ1) is 15.1. The summed E-state index contributed by atoms with van der Waals surface area (Å²) in [4.78, 5) is 19.2. The zero-order valence-corrected chi connectivity index (χ0v) is 17.6. The minimum absolute atomic E-state index is 0.186. The van der Waals surface area contributed by atoms with Crippen LogP contribution < -0.4 is 5.32 Å². The quantitative estimate of drug-likeness (QED) is 0.508. The molecule has 1 unspecified atom stereocenters. The van der Waals surface area contributed by atoms with E-state index in [1.165, 1.54) is 12.1 Å². The van der Waals surface area contributed by atoms with E-state index in [2.05, 4.69) is 22.4 Å². The summed E-state index contributed by atoms with van der Waals surface area (Å²) in [6.07, 6.45) is 2.99. The number of benzene rings is 2. The van der Waals surface area contributed by atoms with Crippen molar-refractivity contribution in [2.24, 2.45) is 0 Å². The van der Waals surface area contributed by atoms with E-state index in [-0.39, 0.29) is 11.8 Å². The molecule has 4 rings (SSSR count). The number of nitrogens with zero attached hydrogens (tertiary/aromatic N) is 3. The monoisotopic (exact) mass is 420 g/mol. The summed E-state index contributed by atoms with van der Waals surface area (Å²) in [6.45, 7) is 4.62. The van der Waals surface area contributed by atoms with Crippen molar-refractivity contribution in [2.75, 3.05) is 6.54 Å². The lowest BCUT2D eigenvalue weighted by molar-refractivity contribution is 0.204. The van der Waals surface area contributed by atoms with Gasteiger partial charge in [0.15, 0.2) is 0 Å². The van der Waals surface area contributed by atoms with Crippen molar-refractivity contribution in [3.8, 4) is 11.4 Å². The highest BCUT2D eigenvalue weighted by atomic mass is 19.1. The maximum Gasteiger partial charge on any atom is 0.322 e. The smallest absolute Gasteiger partial charge is 0.322 e. The van der Waals surface area contributed by atoms with Crippen molar-refractivity contribution in [2.45, 2.75) is 39.2 Å². The molecule has 3 aromatic rings. The van der Waals surface area contributed by atoms with E-state index in [4.69, 9.17) is 4.52 Å². The first kappa shape index (κ1) is 20.8. The van der Waals surface area contributed by atoms with Gasteiger partial charge in [0.1, 0.15) is 5.82 Å². The van der Waals surface area contributed by atoms with Crippen molar-refractivity contribution in [1.82, 2.24) is 20.4 Å². The standard InChI is InChI=1S/C24H25FN4O2/c1-3-4-8-15-29-16(2)20(21(26-24(29)30)17-11-13-19(25)14-12-17)23-27-22(28-31-23)18-9-6-5-7-10-18/h5-7,9-14,21H,3-4,8,15H2,1-2H3,(H,26,30). The first-order valence-electron chi connectivity index (χ1n) is 10.5. The molecule has 7 heteroatoms. The molecule has 1 aromatic heterocycles. The molecule has 31 heavy (non-hydrogen) atoms. The van der Waals surface area contributed by atoms with E-state index in [1.54, 1.807) is 17.0 Å². The molecular weight excluding hydrogens is 395 g/mol. The number of unbranched alkanes of at least 4 members (excludes halogenated alkanes) is 2. The molecule has 2 aromatic carbocycles. The molecule has 0 fully saturated rings. The first-order valence-corrected chi connectivity index (χ1v) is 10.5. The van der Waals surface area contributed by atoms with Crippen LogP contribution in [0.2, 0.25) is 0 Å². The highest BCUT2D eigenvalue weighted by molar-refractivity contribution is 5.86. The van der Waals surface area contributed by atoms with Gasteiger partial charge in [0, 0.05) is 17.8 Å². The molecule has 2 heterocycles. The van der Waals surface area contributed by atoms with Gasteiger partial charge >= 0.3 is 6.03 Å². The van der Waals surface area contributed by atoms with Crippen LogP contribution in [0.3, 0.4) is 0 Å². The molecule has 1 aliphatic rings. The average Bonchev–Trinajstić information content (AvgIpc) is 3.26. The van der Waals surface area contributed by atoms with E-state index in [9.17, 15) is 9.18 Å². The molecular formula is C24H25FN4O2. The molecule has 1 atom stereocenters. The predicted molar refractivity (Wildman–Crippen MR) is 116 cm³/mol. The molecule has 1 N–H and O–H groups in total. The number of nitrogens with one attached hydrogen (secondary N) is 1. The second-order valence-corrected chi connectivity index (χ2v) is 7.58. The fourth-order valence-electron chi connectivity index (χ4n) is 3.79. The Morgan fingerprint density at radius 2 is 1.84 bits per heavy atom. The zero-order valence-electron chi connectivity index (χ0n) is 17.6. The number of hydrogen-bond donors (Lipinski definition) is 1. The van der Waals surface area contributed by atoms with Crippen LogP contribution in [0.15, 0.2) is 64.8 Å². The maximum absolute atomic E-state index is 13.5. The number of carbonyl (C=O) groups is 1. The number of amides is 2. The van der Waals surface area contributed by atoms with Gasteiger partial charge < -0.3 is 9.84 Å². The van der Waals surface area contributed by atoms with Crippen molar-refractivity contribution < 1.29 is 13.7 Å². The lowest BCUT2D eigenvalue weighted by Gasteiger charge is -2.35. The Morgan fingerprint density at radius 3 is 2.55 bits per heavy atom. The number of halogens is 1. The Bertz CT molecular complexity index is 1080. The van der Waals surface area contributed by atoms with Crippen LogP contribution >= 0.6 is 0 Å². The van der Waals surface area contributed by atoms with Gasteiger partial charge in [0.25, 0.3) is 5.89 Å². The van der Waals surface area contributed by atoms with Crippen molar-refractivity contribution in [1.29, 1.82) is 0 Å². The van der Waals surface area contributed by atoms with Crippen molar-refractivity contribution in [3.63, 3.8) is 0 Å². The Balaban J connectivity index is 1.76. The SMILES string of the molecule is CCCCCN1C(=O)NC(c2ccc(F)cc2)C(c2nc(-c3ccccc3)no2)=C1C. The Labute approximate surface area is 180 Å². The molecule has 0 saturated heterocycles. The third-order valence-corrected chi connectivity index (χ3v) is 5.47. The number of urea groups is 1. The van der Waals surface area contributed by atoms with Gasteiger partial charge in [-0.1, -0.05) is 67.4 Å². The fourth-order valence-corrected chi connectivity index (χ4v) is 3.79. The molecule has 160 valence electrons. The molecule has 2 amide bonds. The summed E-state index contributed by atoms with van der Waals surface area (Å²) in [7, 11) is 0. The second-order valence-electron chi connectivity index (χ2n) is 7.58. The van der Waals surface area contributed by atoms with E-state index in [1.807, 2.05) is 37.3 Å². The minimum Gasteiger partial charge on any atom is -0.334 e. The summed E-state index contributed by atoms with van der Waals surface area (Å²) in [6, 6.07) is 14.9. The average molecular weight is 420 g/mol. The third kappa shape index (κ3) is 4.35. The summed E-state index contributed by atoms with van der Waals surface area (Å²) in [5.41, 5.74) is 3.07. The Morgan fingerprint density at radius 1 is 1.10 bits per heavy atom. The van der Waals surface area contributed by atoms with Gasteiger partial charge in [0.2, 0.25) is 5.82 Å². The highest BCUT2D eigenvalue weighted by Crippen LogP contribution is 2.37. The third-order valence-electron chi connectivity index (χ3n) is 5.47. The summed E-state index contributed by atoms with van der Waals surface area (Å²) in [5, 5.41) is 7.18. The number of hydrogen-bond acceptors (Lipinski definition) is 4. The minimum atomic E-state index is -0.514. The lowest BCUT2D eigenvalue weighted by Crippen LogP contribution is -2.46. The van der Waals surface area contributed by atoms with Crippen LogP contribution in [0.5, 0.6) is 0 Å². The van der Waals surface area contributed by atoms with Crippen LogP contribution in [0.25, 0.3) is 17.0 Å². The molecule has 0 saturated carbocycles. The summed E-state index contributed by atoms with van der Waals surface area (Å²) in [5.74, 6) is 0.479. The summed E-state index contributed by atoms with van der Waals surface area (Å²) >= 11 is 0. The van der Waals surface area contributed by atoms with Crippen LogP contribution in [0.1, 0.15) is 50.6 Å². The van der Waals surface area contributed by atoms with Crippen LogP contribution in [-0.2, 0) is 0 Å². The van der Waals surface area contributed by atoms with Crippen LogP contribution in [0, 0.1) is 5.82 Å². The summed E-state index contributed by atoms with van der Waals surface area (Å²) < 4.78 is 19.1. The molecule has 0 spiro atoms. The van der Waals surface area contributed by atoms with Crippen molar-refractivity contribution >= 4 is 11.6 Å². The number of carbonyl (C=O) groups excluding carboxylic acids is 1. The van der Waals surface area contributed by atoms with Gasteiger partial charge in [-0.3, -0.25) is 4.90 Å². The van der Waals surface area contributed by atoms with E-state index >= 15 is 0 Å². The molecule has 6 nitrogen and oxygen atoms in total. The molecule has 0 bridgehead atoms. The maximum atomic E-state index is 13.5. The topological polar surface area (TPSA) is 71.3 Å². The predicted octanol–water partition coefficient (Wildman–Crippen LogP) is 5.56. The molecule has 1 aliphatic heterocycles. The number of allylic oxidation sites excluding steroid dienone is 1. The van der Waals surface area contributed by atoms with Crippen molar-refractivity contribution in [3.05, 3.63) is 77.6 Å². The van der Waals surface area contributed by atoms with E-state index < -0.39 is 6.04 Å². The van der Waals surface area contributed by atoms with Gasteiger partial charge in [0.05, 0.1) is 11.6 Å². The van der Waals surface area contributed by atoms with E-state index in [0.29, 0.717) is 18.3 Å². The van der Waals surface area contributed by atoms with Crippen LogP contribution in [0.4, 0.5) is 9.18 Å². The van der Waals surface area contributed by atoms with Gasteiger partial charge in [-0.25, -0.2) is 9.18 Å². The molecule has 0 radical (unpaired) electrons. The highest BCUT2D eigenvalue weighted by Gasteiger charge is 2.35. The largest absolute Gasteiger partial charge is 0.334 e. The number of rotatable bonds is 7. The Hall–Kier alpha value is -3.48. The fraction of sp³-hybridized carbons (Fsp3) is 0.292. The van der Waals surface area contributed by atoms with Gasteiger partial charge in [-0.05, 0) is 31.0 Å². The lowest BCUT2D eigenvalue weighted by atomic mass is 9.94. The van der Waals surface area contributed by atoms with Gasteiger partial charge in [-0.15, -0.1) is 0 Å². The zero-order chi connectivity index (χ0) is 21.8. The van der Waals surface area contributed by atoms with E-state index in [0.717, 1.165) is 41.7 Å². The molecule has 0 aliphatic carbocycles. The Kier molecular flexibility index (Phi) is 6.11. The van der Waals surface area contributed by atoms with Gasteiger partial charge in [-0.2, -0.15) is 4.98 Å².